The number of halogens is 3. The lowest BCUT2D eigenvalue weighted by Crippen LogP contribution is -2.28. The zero-order chi connectivity index (χ0) is 14.5. The van der Waals surface area contributed by atoms with Gasteiger partial charge in [0, 0.05) is 6.54 Å². The van der Waals surface area contributed by atoms with E-state index in [1.807, 2.05) is 30.3 Å². The largest absolute Gasteiger partial charge is 0.334 e. The quantitative estimate of drug-likeness (QED) is 0.767. The first-order valence-corrected chi connectivity index (χ1v) is 6.93. The smallest absolute Gasteiger partial charge is 0.319 e. The van der Waals surface area contributed by atoms with Crippen molar-refractivity contribution >= 4 is 46.5 Å². The van der Waals surface area contributed by atoms with Gasteiger partial charge in [-0.1, -0.05) is 65.1 Å². The fourth-order valence-electron chi connectivity index (χ4n) is 1.56. The highest BCUT2D eigenvalue weighted by molar-refractivity contribution is 6.44. The number of carbonyl (C=O) groups is 1. The Bertz CT molecular complexity index is 617. The van der Waals surface area contributed by atoms with Gasteiger partial charge in [-0.2, -0.15) is 0 Å². The van der Waals surface area contributed by atoms with E-state index in [1.165, 1.54) is 12.1 Å². The summed E-state index contributed by atoms with van der Waals surface area (Å²) >= 11 is 17.7. The van der Waals surface area contributed by atoms with Crippen LogP contribution in [0.4, 0.5) is 10.5 Å². The molecule has 2 aromatic rings. The number of urea groups is 1. The summed E-state index contributed by atoms with van der Waals surface area (Å²) in [6.07, 6.45) is 0. The lowest BCUT2D eigenvalue weighted by molar-refractivity contribution is 0.251. The first kappa shape index (κ1) is 15.0. The molecule has 6 heteroatoms. The second kappa shape index (κ2) is 6.84. The molecule has 2 amide bonds. The summed E-state index contributed by atoms with van der Waals surface area (Å²) in [5, 5.41) is 6.34. The molecule has 0 atom stereocenters. The second-order valence-electron chi connectivity index (χ2n) is 4.04. The molecule has 2 aromatic carbocycles. The van der Waals surface area contributed by atoms with Gasteiger partial charge < -0.3 is 10.6 Å². The summed E-state index contributed by atoms with van der Waals surface area (Å²) in [6, 6.07) is 12.2. The highest BCUT2D eigenvalue weighted by Crippen LogP contribution is 2.32. The summed E-state index contributed by atoms with van der Waals surface area (Å²) in [7, 11) is 0. The van der Waals surface area contributed by atoms with Crippen molar-refractivity contribution in [2.75, 3.05) is 5.32 Å². The van der Waals surface area contributed by atoms with Gasteiger partial charge in [-0.15, -0.1) is 0 Å². The van der Waals surface area contributed by atoms with Gasteiger partial charge in [-0.05, 0) is 17.7 Å². The van der Waals surface area contributed by atoms with Gasteiger partial charge in [0.2, 0.25) is 0 Å². The van der Waals surface area contributed by atoms with Crippen LogP contribution in [0.5, 0.6) is 0 Å². The summed E-state index contributed by atoms with van der Waals surface area (Å²) in [5.74, 6) is 0. The standard InChI is InChI=1S/C14H11Cl3N2O/c15-10-6-12(17)13(7-11(10)16)19-14(20)18-8-9-4-2-1-3-5-9/h1-7H,8H2,(H2,18,19,20). The topological polar surface area (TPSA) is 41.1 Å². The van der Waals surface area contributed by atoms with Gasteiger partial charge in [0.1, 0.15) is 0 Å². The average molecular weight is 330 g/mol. The number of rotatable bonds is 3. The van der Waals surface area contributed by atoms with E-state index in [9.17, 15) is 4.79 Å². The lowest BCUT2D eigenvalue weighted by atomic mass is 10.2. The van der Waals surface area contributed by atoms with Crippen LogP contribution < -0.4 is 10.6 Å². The highest BCUT2D eigenvalue weighted by Gasteiger charge is 2.09. The van der Waals surface area contributed by atoms with E-state index in [0.29, 0.717) is 27.3 Å². The molecule has 0 aliphatic carbocycles. The maximum atomic E-state index is 11.8. The van der Waals surface area contributed by atoms with Crippen molar-refractivity contribution in [1.82, 2.24) is 5.32 Å². The molecule has 2 N–H and O–H groups in total. The van der Waals surface area contributed by atoms with Crippen molar-refractivity contribution < 1.29 is 4.79 Å². The maximum absolute atomic E-state index is 11.8. The van der Waals surface area contributed by atoms with Crippen molar-refractivity contribution in [3.8, 4) is 0 Å². The van der Waals surface area contributed by atoms with Crippen molar-refractivity contribution in [2.24, 2.45) is 0 Å². The van der Waals surface area contributed by atoms with Crippen LogP contribution in [-0.4, -0.2) is 6.03 Å². The second-order valence-corrected chi connectivity index (χ2v) is 5.26. The molecule has 0 radical (unpaired) electrons. The van der Waals surface area contributed by atoms with Gasteiger partial charge in [-0.25, -0.2) is 4.79 Å². The summed E-state index contributed by atoms with van der Waals surface area (Å²) in [4.78, 5) is 11.8. The lowest BCUT2D eigenvalue weighted by Gasteiger charge is -2.10. The van der Waals surface area contributed by atoms with Crippen LogP contribution in [0.25, 0.3) is 0 Å². The Morgan fingerprint density at radius 2 is 1.60 bits per heavy atom. The molecular formula is C14H11Cl3N2O. The highest BCUT2D eigenvalue weighted by atomic mass is 35.5. The van der Waals surface area contributed by atoms with Crippen molar-refractivity contribution in [1.29, 1.82) is 0 Å². The third-order valence-electron chi connectivity index (χ3n) is 2.55. The van der Waals surface area contributed by atoms with E-state index in [1.54, 1.807) is 0 Å². The van der Waals surface area contributed by atoms with Gasteiger partial charge in [-0.3, -0.25) is 0 Å². The van der Waals surface area contributed by atoms with Crippen molar-refractivity contribution in [3.05, 3.63) is 63.1 Å². The normalized spacial score (nSPS) is 10.2. The molecule has 0 saturated heterocycles. The molecule has 0 spiro atoms. The number of hydrogen-bond acceptors (Lipinski definition) is 1. The summed E-state index contributed by atoms with van der Waals surface area (Å²) in [6.45, 7) is 0.422. The van der Waals surface area contributed by atoms with Crippen LogP contribution in [0.3, 0.4) is 0 Å². The SMILES string of the molecule is O=C(NCc1ccccc1)Nc1cc(Cl)c(Cl)cc1Cl. The minimum absolute atomic E-state index is 0.328. The van der Waals surface area contributed by atoms with E-state index in [0.717, 1.165) is 5.56 Å². The first-order chi connectivity index (χ1) is 9.56. The Kier molecular flexibility index (Phi) is 5.12. The van der Waals surface area contributed by atoms with Gasteiger partial charge >= 0.3 is 6.03 Å². The third-order valence-corrected chi connectivity index (χ3v) is 3.59. The molecule has 0 heterocycles. The number of amides is 2. The monoisotopic (exact) mass is 328 g/mol. The Balaban J connectivity index is 1.97. The van der Waals surface area contributed by atoms with Crippen LogP contribution >= 0.6 is 34.8 Å². The molecule has 0 fully saturated rings. The number of benzene rings is 2. The van der Waals surface area contributed by atoms with Gasteiger partial charge in [0.15, 0.2) is 0 Å². The molecule has 0 bridgehead atoms. The molecule has 2 rings (SSSR count). The molecule has 0 aromatic heterocycles. The van der Waals surface area contributed by atoms with Crippen LogP contribution in [0.15, 0.2) is 42.5 Å². The van der Waals surface area contributed by atoms with Gasteiger partial charge in [0.05, 0.1) is 20.8 Å². The molecule has 0 aliphatic rings. The maximum Gasteiger partial charge on any atom is 0.319 e. The first-order valence-electron chi connectivity index (χ1n) is 5.79. The molecule has 3 nitrogen and oxygen atoms in total. The molecule has 104 valence electrons. The molecular weight excluding hydrogens is 319 g/mol. The number of hydrogen-bond donors (Lipinski definition) is 2. The molecule has 20 heavy (non-hydrogen) atoms. The van der Waals surface area contributed by atoms with Crippen LogP contribution in [0, 0.1) is 0 Å². The fourth-order valence-corrected chi connectivity index (χ4v) is 2.16. The molecule has 0 aliphatic heterocycles. The van der Waals surface area contributed by atoms with Crippen LogP contribution in [-0.2, 0) is 6.54 Å². The Morgan fingerprint density at radius 3 is 2.30 bits per heavy atom. The fraction of sp³-hybridized carbons (Fsp3) is 0.0714. The number of carbonyl (C=O) groups excluding carboxylic acids is 1. The minimum atomic E-state index is -0.367. The molecule has 0 saturated carbocycles. The zero-order valence-corrected chi connectivity index (χ0v) is 12.6. The summed E-state index contributed by atoms with van der Waals surface area (Å²) in [5.41, 5.74) is 1.41. The van der Waals surface area contributed by atoms with E-state index in [2.05, 4.69) is 10.6 Å². The predicted octanol–water partition coefficient (Wildman–Crippen LogP) is 4.97. The number of anilines is 1. The van der Waals surface area contributed by atoms with Crippen LogP contribution in [0.2, 0.25) is 15.1 Å². The zero-order valence-electron chi connectivity index (χ0n) is 10.3. The van der Waals surface area contributed by atoms with Crippen molar-refractivity contribution in [2.45, 2.75) is 6.54 Å². The predicted molar refractivity (Wildman–Crippen MR) is 83.8 cm³/mol. The number of nitrogens with one attached hydrogen (secondary N) is 2. The summed E-state index contributed by atoms with van der Waals surface area (Å²) < 4.78 is 0. The van der Waals surface area contributed by atoms with Crippen LogP contribution in [0.1, 0.15) is 5.56 Å². The van der Waals surface area contributed by atoms with E-state index < -0.39 is 0 Å². The van der Waals surface area contributed by atoms with Crippen molar-refractivity contribution in [3.63, 3.8) is 0 Å². The Morgan fingerprint density at radius 1 is 0.950 bits per heavy atom. The van der Waals surface area contributed by atoms with Gasteiger partial charge in [0.25, 0.3) is 0 Å². The average Bonchev–Trinajstić information content (AvgIpc) is 2.44. The Hall–Kier alpha value is -1.42. The Labute approximate surface area is 131 Å². The molecule has 0 unspecified atom stereocenters. The van der Waals surface area contributed by atoms with E-state index in [-0.39, 0.29) is 6.03 Å². The van der Waals surface area contributed by atoms with E-state index in [4.69, 9.17) is 34.8 Å². The third kappa shape index (κ3) is 4.04. The minimum Gasteiger partial charge on any atom is -0.334 e. The van der Waals surface area contributed by atoms with E-state index >= 15 is 0 Å².